The molecular formula is C22H25ClF3N3O7S. The molecule has 1 saturated heterocycles. The van der Waals surface area contributed by atoms with Crippen LogP contribution < -0.4 is 14.4 Å². The fourth-order valence-corrected chi connectivity index (χ4v) is 4.76. The van der Waals surface area contributed by atoms with Gasteiger partial charge in [0.2, 0.25) is 0 Å². The zero-order valence-electron chi connectivity index (χ0n) is 19.7. The summed E-state index contributed by atoms with van der Waals surface area (Å²) in [5.41, 5.74) is 0.849. The smallest absolute Gasteiger partial charge is 0.490 e. The topological polar surface area (TPSA) is 136 Å². The molecule has 0 saturated carbocycles. The third-order valence-corrected chi connectivity index (χ3v) is 6.98. The number of piperazine rings is 1. The third-order valence-electron chi connectivity index (χ3n) is 5.32. The van der Waals surface area contributed by atoms with E-state index >= 15 is 0 Å². The summed E-state index contributed by atoms with van der Waals surface area (Å²) < 4.78 is 65.3. The summed E-state index contributed by atoms with van der Waals surface area (Å²) >= 11 is 6.08. The molecule has 15 heteroatoms. The number of aromatic carboxylic acids is 1. The van der Waals surface area contributed by atoms with E-state index in [0.717, 1.165) is 19.6 Å². The molecule has 1 heterocycles. The number of carboxylic acid groups (broad SMARTS) is 2. The normalized spacial score (nSPS) is 14.4. The van der Waals surface area contributed by atoms with Gasteiger partial charge < -0.3 is 24.7 Å². The molecule has 0 aromatic heterocycles. The number of ether oxygens (including phenoxy) is 1. The predicted octanol–water partition coefficient (Wildman–Crippen LogP) is 3.62. The van der Waals surface area contributed by atoms with Gasteiger partial charge in [0.25, 0.3) is 10.0 Å². The quantitative estimate of drug-likeness (QED) is 0.458. The van der Waals surface area contributed by atoms with Crippen LogP contribution in [0.2, 0.25) is 5.02 Å². The highest BCUT2D eigenvalue weighted by Crippen LogP contribution is 2.32. The fraction of sp³-hybridized carbons (Fsp3) is 0.364. The Balaban J connectivity index is 0.000000604. The van der Waals surface area contributed by atoms with Gasteiger partial charge >= 0.3 is 18.1 Å². The molecule has 1 aliphatic heterocycles. The van der Waals surface area contributed by atoms with Crippen LogP contribution in [-0.4, -0.2) is 81.5 Å². The van der Waals surface area contributed by atoms with Gasteiger partial charge in [-0.05, 0) is 42.9 Å². The minimum atomic E-state index is -5.08. The first kappa shape index (κ1) is 30.0. The van der Waals surface area contributed by atoms with Gasteiger partial charge in [0.15, 0.2) is 0 Å². The SMILES string of the molecule is CCN1CCN(c2ccc(C(=O)O)cc2NS(=O)(=O)c2ccc(OC)c(Cl)c2)CC1.O=C(O)C(F)(F)F. The molecule has 0 radical (unpaired) electrons. The standard InChI is InChI=1S/C20H24ClN3O5S.C2HF3O2/c1-3-23-8-10-24(11-9-23)18-6-4-14(20(25)26)12-17(18)22-30(27,28)15-5-7-19(29-2)16(21)13-15;3-2(4,5)1(6)7/h4-7,12-13,22H,3,8-11H2,1-2H3,(H,25,26);(H,6,7). The number of nitrogens with one attached hydrogen (secondary N) is 1. The van der Waals surface area contributed by atoms with Gasteiger partial charge in [-0.1, -0.05) is 18.5 Å². The number of likely N-dealkylation sites (N-methyl/N-ethyl adjacent to an activating group) is 1. The Kier molecular flexibility index (Phi) is 10.0. The molecule has 2 aromatic carbocycles. The number of alkyl halides is 3. The van der Waals surface area contributed by atoms with Gasteiger partial charge in [0, 0.05) is 26.2 Å². The number of sulfonamides is 1. The number of halogens is 4. The summed E-state index contributed by atoms with van der Waals surface area (Å²) in [5, 5.41) is 16.6. The molecule has 1 fully saturated rings. The van der Waals surface area contributed by atoms with Crippen LogP contribution in [0.3, 0.4) is 0 Å². The number of hydrogen-bond acceptors (Lipinski definition) is 7. The minimum absolute atomic E-state index is 0.00333. The van der Waals surface area contributed by atoms with Crippen LogP contribution in [0, 0.1) is 0 Å². The Labute approximate surface area is 216 Å². The average Bonchev–Trinajstić information content (AvgIpc) is 2.83. The second-order valence-electron chi connectivity index (χ2n) is 7.66. The largest absolute Gasteiger partial charge is 0.495 e. The molecule has 37 heavy (non-hydrogen) atoms. The Bertz CT molecular complexity index is 1230. The summed E-state index contributed by atoms with van der Waals surface area (Å²) in [6.45, 7) is 6.15. The lowest BCUT2D eigenvalue weighted by Crippen LogP contribution is -2.46. The fourth-order valence-electron chi connectivity index (χ4n) is 3.35. The lowest BCUT2D eigenvalue weighted by atomic mass is 10.1. The maximum atomic E-state index is 13.0. The Hall–Kier alpha value is -3.23. The molecule has 3 N–H and O–H groups in total. The van der Waals surface area contributed by atoms with Gasteiger partial charge in [0.1, 0.15) is 5.75 Å². The van der Waals surface area contributed by atoms with Crippen molar-refractivity contribution in [3.8, 4) is 5.75 Å². The van der Waals surface area contributed by atoms with Gasteiger partial charge in [-0.15, -0.1) is 0 Å². The minimum Gasteiger partial charge on any atom is -0.495 e. The first-order valence-corrected chi connectivity index (χ1v) is 12.6. The summed E-state index contributed by atoms with van der Waals surface area (Å²) in [5.74, 6) is -3.53. The summed E-state index contributed by atoms with van der Waals surface area (Å²) in [4.78, 5) is 24.6. The van der Waals surface area contributed by atoms with E-state index in [4.69, 9.17) is 26.2 Å². The number of carbonyl (C=O) groups is 2. The first-order valence-electron chi connectivity index (χ1n) is 10.7. The highest BCUT2D eigenvalue weighted by molar-refractivity contribution is 7.92. The van der Waals surface area contributed by atoms with E-state index in [1.165, 1.54) is 37.4 Å². The summed E-state index contributed by atoms with van der Waals surface area (Å²) in [7, 11) is -2.56. The molecule has 3 rings (SSSR count). The molecule has 2 aromatic rings. The Morgan fingerprint density at radius 3 is 2.14 bits per heavy atom. The van der Waals surface area contributed by atoms with Crippen molar-refractivity contribution < 1.29 is 46.1 Å². The van der Waals surface area contributed by atoms with Crippen LogP contribution in [0.15, 0.2) is 41.3 Å². The van der Waals surface area contributed by atoms with Crippen molar-refractivity contribution in [3.05, 3.63) is 47.0 Å². The monoisotopic (exact) mass is 567 g/mol. The van der Waals surface area contributed by atoms with E-state index in [0.29, 0.717) is 24.5 Å². The number of aliphatic carboxylic acids is 1. The molecule has 0 bridgehead atoms. The van der Waals surface area contributed by atoms with Crippen molar-refractivity contribution in [1.82, 2.24) is 4.90 Å². The molecule has 0 aliphatic carbocycles. The lowest BCUT2D eigenvalue weighted by Gasteiger charge is -2.36. The van der Waals surface area contributed by atoms with Crippen molar-refractivity contribution >= 4 is 44.9 Å². The third kappa shape index (κ3) is 8.13. The molecule has 10 nitrogen and oxygen atoms in total. The Morgan fingerprint density at radius 2 is 1.68 bits per heavy atom. The zero-order chi connectivity index (χ0) is 28.0. The maximum absolute atomic E-state index is 13.0. The van der Waals surface area contributed by atoms with Crippen LogP contribution in [0.4, 0.5) is 24.5 Å². The number of nitrogens with zero attached hydrogens (tertiary/aromatic N) is 2. The van der Waals surface area contributed by atoms with Crippen molar-refractivity contribution in [2.75, 3.05) is 49.5 Å². The van der Waals surface area contributed by atoms with Crippen molar-refractivity contribution in [2.24, 2.45) is 0 Å². The number of methoxy groups -OCH3 is 1. The summed E-state index contributed by atoms with van der Waals surface area (Å²) in [6, 6.07) is 8.61. The maximum Gasteiger partial charge on any atom is 0.490 e. The van der Waals surface area contributed by atoms with Crippen molar-refractivity contribution in [3.63, 3.8) is 0 Å². The average molecular weight is 568 g/mol. The molecule has 0 spiro atoms. The lowest BCUT2D eigenvalue weighted by molar-refractivity contribution is -0.192. The van der Waals surface area contributed by atoms with Gasteiger partial charge in [-0.2, -0.15) is 13.2 Å². The Morgan fingerprint density at radius 1 is 1.08 bits per heavy atom. The van der Waals surface area contributed by atoms with Gasteiger partial charge in [-0.25, -0.2) is 18.0 Å². The summed E-state index contributed by atoms with van der Waals surface area (Å²) in [6.07, 6.45) is -5.08. The molecule has 0 amide bonds. The highest BCUT2D eigenvalue weighted by Gasteiger charge is 2.38. The van der Waals surface area contributed by atoms with Gasteiger partial charge in [-0.3, -0.25) is 4.72 Å². The molecule has 204 valence electrons. The second kappa shape index (κ2) is 12.3. The van der Waals surface area contributed by atoms with Crippen LogP contribution in [-0.2, 0) is 14.8 Å². The first-order chi connectivity index (χ1) is 17.2. The van der Waals surface area contributed by atoms with E-state index in [2.05, 4.69) is 21.4 Å². The molecule has 0 atom stereocenters. The van der Waals surface area contributed by atoms with E-state index in [-0.39, 0.29) is 21.2 Å². The number of rotatable bonds is 7. The number of hydrogen-bond donors (Lipinski definition) is 3. The van der Waals surface area contributed by atoms with Crippen LogP contribution >= 0.6 is 11.6 Å². The van der Waals surface area contributed by atoms with Crippen molar-refractivity contribution in [2.45, 2.75) is 18.0 Å². The van der Waals surface area contributed by atoms with E-state index in [1.54, 1.807) is 6.07 Å². The zero-order valence-corrected chi connectivity index (χ0v) is 21.3. The van der Waals surface area contributed by atoms with Gasteiger partial charge in [0.05, 0.1) is 34.0 Å². The highest BCUT2D eigenvalue weighted by atomic mass is 35.5. The van der Waals surface area contributed by atoms with Crippen molar-refractivity contribution in [1.29, 1.82) is 0 Å². The van der Waals surface area contributed by atoms with E-state index in [1.807, 2.05) is 0 Å². The van der Waals surface area contributed by atoms with Crippen LogP contribution in [0.5, 0.6) is 5.75 Å². The number of benzene rings is 2. The number of carboxylic acids is 2. The molecule has 1 aliphatic rings. The number of anilines is 2. The molecular weight excluding hydrogens is 543 g/mol. The predicted molar refractivity (Wildman–Crippen MR) is 130 cm³/mol. The molecule has 0 unspecified atom stereocenters. The van der Waals surface area contributed by atoms with E-state index in [9.17, 15) is 31.5 Å². The second-order valence-corrected chi connectivity index (χ2v) is 9.75. The van der Waals surface area contributed by atoms with Crippen LogP contribution in [0.1, 0.15) is 17.3 Å². The van der Waals surface area contributed by atoms with E-state index < -0.39 is 28.1 Å². The van der Waals surface area contributed by atoms with Crippen LogP contribution in [0.25, 0.3) is 0 Å².